The second-order valence-electron chi connectivity index (χ2n) is 6.37. The Morgan fingerprint density at radius 2 is 1.76 bits per heavy atom. The Bertz CT molecular complexity index is 738. The van der Waals surface area contributed by atoms with E-state index in [9.17, 15) is 9.59 Å². The van der Waals surface area contributed by atoms with Gasteiger partial charge in [0.25, 0.3) is 5.91 Å². The molecule has 25 heavy (non-hydrogen) atoms. The lowest BCUT2D eigenvalue weighted by molar-refractivity contribution is -0.138. The Morgan fingerprint density at radius 1 is 1.08 bits per heavy atom. The largest absolute Gasteiger partial charge is 0.493 e. The summed E-state index contributed by atoms with van der Waals surface area (Å²) in [5.74, 6) is -0.639. The van der Waals surface area contributed by atoms with Crippen LogP contribution in [-0.2, 0) is 4.79 Å². The molecule has 1 unspecified atom stereocenters. The van der Waals surface area contributed by atoms with Gasteiger partial charge in [-0.3, -0.25) is 9.59 Å². The highest BCUT2D eigenvalue weighted by atomic mass is 16.5. The zero-order valence-corrected chi connectivity index (χ0v) is 14.7. The van der Waals surface area contributed by atoms with Gasteiger partial charge in [-0.1, -0.05) is 32.0 Å². The summed E-state index contributed by atoms with van der Waals surface area (Å²) in [5.41, 5.74) is 1.80. The van der Waals surface area contributed by atoms with Gasteiger partial charge in [-0.05, 0) is 48.7 Å². The number of benzene rings is 2. The number of carbonyl (C=O) groups excluding carboxylic acids is 1. The van der Waals surface area contributed by atoms with E-state index in [1.807, 2.05) is 6.07 Å². The van der Waals surface area contributed by atoms with E-state index in [0.717, 1.165) is 0 Å². The number of nitrogens with one attached hydrogen (secondary N) is 1. The minimum atomic E-state index is -0.880. The number of carbonyl (C=O) groups is 2. The summed E-state index contributed by atoms with van der Waals surface area (Å²) < 4.78 is 5.64. The molecular weight excluding hydrogens is 318 g/mol. The summed E-state index contributed by atoms with van der Waals surface area (Å²) in [6, 6.07) is 13.8. The molecule has 5 heteroatoms. The highest BCUT2D eigenvalue weighted by molar-refractivity contribution is 6.04. The molecule has 0 radical (unpaired) electrons. The minimum Gasteiger partial charge on any atom is -0.493 e. The second-order valence-corrected chi connectivity index (χ2v) is 6.37. The molecule has 1 atom stereocenters. The van der Waals surface area contributed by atoms with Gasteiger partial charge in [0.05, 0.1) is 12.5 Å². The standard InChI is InChI=1S/C20H23NO4/c1-13(2)12-25-18-6-4-5-16(11-18)19(22)21-17-9-7-15(8-10-17)14(3)20(23)24/h4-11,13-14H,12H2,1-3H3,(H,21,22)(H,23,24). The van der Waals surface area contributed by atoms with Crippen LogP contribution in [0.5, 0.6) is 5.75 Å². The van der Waals surface area contributed by atoms with Crippen LogP contribution in [0.1, 0.15) is 42.6 Å². The van der Waals surface area contributed by atoms with E-state index in [4.69, 9.17) is 9.84 Å². The molecular formula is C20H23NO4. The lowest BCUT2D eigenvalue weighted by Gasteiger charge is -2.11. The van der Waals surface area contributed by atoms with Crippen LogP contribution in [0.25, 0.3) is 0 Å². The number of rotatable bonds is 7. The third-order valence-corrected chi connectivity index (χ3v) is 3.72. The van der Waals surface area contributed by atoms with Crippen LogP contribution in [-0.4, -0.2) is 23.6 Å². The molecule has 0 saturated heterocycles. The molecule has 0 aromatic heterocycles. The summed E-state index contributed by atoms with van der Waals surface area (Å²) in [7, 11) is 0. The summed E-state index contributed by atoms with van der Waals surface area (Å²) >= 11 is 0. The van der Waals surface area contributed by atoms with Crippen molar-refractivity contribution in [2.24, 2.45) is 5.92 Å². The van der Waals surface area contributed by atoms with Crippen LogP contribution in [0.4, 0.5) is 5.69 Å². The minimum absolute atomic E-state index is 0.242. The Kier molecular flexibility index (Phi) is 6.17. The van der Waals surface area contributed by atoms with Crippen LogP contribution >= 0.6 is 0 Å². The molecule has 0 aliphatic carbocycles. The number of carboxylic acids is 1. The third-order valence-electron chi connectivity index (χ3n) is 3.72. The Morgan fingerprint density at radius 3 is 2.36 bits per heavy atom. The van der Waals surface area contributed by atoms with E-state index >= 15 is 0 Å². The summed E-state index contributed by atoms with van der Waals surface area (Å²) in [5, 5.41) is 11.8. The van der Waals surface area contributed by atoms with Crippen molar-refractivity contribution >= 4 is 17.6 Å². The van der Waals surface area contributed by atoms with Gasteiger partial charge in [-0.15, -0.1) is 0 Å². The van der Waals surface area contributed by atoms with Crippen LogP contribution in [0.2, 0.25) is 0 Å². The maximum atomic E-state index is 12.4. The van der Waals surface area contributed by atoms with E-state index < -0.39 is 11.9 Å². The molecule has 1 amide bonds. The van der Waals surface area contributed by atoms with Gasteiger partial charge < -0.3 is 15.2 Å². The SMILES string of the molecule is CC(C)COc1cccc(C(=O)Nc2ccc(C(C)C(=O)O)cc2)c1. The van der Waals surface area contributed by atoms with E-state index in [1.165, 1.54) is 0 Å². The van der Waals surface area contributed by atoms with Crippen LogP contribution < -0.4 is 10.1 Å². The average molecular weight is 341 g/mol. The topological polar surface area (TPSA) is 75.6 Å². The number of anilines is 1. The lowest BCUT2D eigenvalue weighted by atomic mass is 10.0. The van der Waals surface area contributed by atoms with Crippen molar-refractivity contribution in [3.05, 3.63) is 59.7 Å². The number of hydrogen-bond acceptors (Lipinski definition) is 3. The normalized spacial score (nSPS) is 11.8. The number of carboxylic acid groups (broad SMARTS) is 1. The van der Waals surface area contributed by atoms with Crippen molar-refractivity contribution in [3.8, 4) is 5.75 Å². The molecule has 0 aliphatic rings. The van der Waals surface area contributed by atoms with Crippen LogP contribution in [0, 0.1) is 5.92 Å². The fraction of sp³-hybridized carbons (Fsp3) is 0.300. The number of ether oxygens (including phenoxy) is 1. The zero-order valence-electron chi connectivity index (χ0n) is 14.7. The highest BCUT2D eigenvalue weighted by Crippen LogP contribution is 2.20. The van der Waals surface area contributed by atoms with Crippen molar-refractivity contribution in [3.63, 3.8) is 0 Å². The molecule has 2 aromatic rings. The Balaban J connectivity index is 2.04. The van der Waals surface area contributed by atoms with E-state index in [0.29, 0.717) is 35.1 Å². The first-order valence-corrected chi connectivity index (χ1v) is 8.24. The van der Waals surface area contributed by atoms with Crippen molar-refractivity contribution in [1.29, 1.82) is 0 Å². The smallest absolute Gasteiger partial charge is 0.310 e. The average Bonchev–Trinajstić information content (AvgIpc) is 2.60. The molecule has 2 N–H and O–H groups in total. The monoisotopic (exact) mass is 341 g/mol. The summed E-state index contributed by atoms with van der Waals surface area (Å²) in [6.07, 6.45) is 0. The van der Waals surface area contributed by atoms with Gasteiger partial charge in [-0.2, -0.15) is 0 Å². The summed E-state index contributed by atoms with van der Waals surface area (Å²) in [6.45, 7) is 6.34. The van der Waals surface area contributed by atoms with Crippen molar-refractivity contribution in [1.82, 2.24) is 0 Å². The van der Waals surface area contributed by atoms with E-state index in [-0.39, 0.29) is 5.91 Å². The first-order chi connectivity index (χ1) is 11.9. The Hall–Kier alpha value is -2.82. The fourth-order valence-corrected chi connectivity index (χ4v) is 2.19. The number of amides is 1. The quantitative estimate of drug-likeness (QED) is 0.793. The number of hydrogen-bond donors (Lipinski definition) is 2. The molecule has 2 rings (SSSR count). The molecule has 0 heterocycles. The number of aliphatic carboxylic acids is 1. The molecule has 0 aliphatic heterocycles. The van der Waals surface area contributed by atoms with Gasteiger partial charge in [0, 0.05) is 11.3 Å². The molecule has 0 fully saturated rings. The second kappa shape index (κ2) is 8.33. The first-order valence-electron chi connectivity index (χ1n) is 8.24. The van der Waals surface area contributed by atoms with E-state index in [2.05, 4.69) is 19.2 Å². The van der Waals surface area contributed by atoms with Gasteiger partial charge in [0.1, 0.15) is 5.75 Å². The predicted molar refractivity (Wildman–Crippen MR) is 97.2 cm³/mol. The molecule has 5 nitrogen and oxygen atoms in total. The Labute approximate surface area is 147 Å². The van der Waals surface area contributed by atoms with Crippen molar-refractivity contribution in [2.45, 2.75) is 26.7 Å². The maximum Gasteiger partial charge on any atom is 0.310 e. The highest BCUT2D eigenvalue weighted by Gasteiger charge is 2.13. The van der Waals surface area contributed by atoms with Crippen molar-refractivity contribution in [2.75, 3.05) is 11.9 Å². The van der Waals surface area contributed by atoms with Crippen LogP contribution in [0.15, 0.2) is 48.5 Å². The molecule has 132 valence electrons. The predicted octanol–water partition coefficient (Wildman–Crippen LogP) is 4.16. The lowest BCUT2D eigenvalue weighted by Crippen LogP contribution is -2.13. The maximum absolute atomic E-state index is 12.4. The van der Waals surface area contributed by atoms with Gasteiger partial charge in [0.2, 0.25) is 0 Å². The molecule has 0 bridgehead atoms. The molecule has 0 saturated carbocycles. The zero-order chi connectivity index (χ0) is 18.4. The van der Waals surface area contributed by atoms with E-state index in [1.54, 1.807) is 49.4 Å². The van der Waals surface area contributed by atoms with Gasteiger partial charge >= 0.3 is 5.97 Å². The molecule has 2 aromatic carbocycles. The van der Waals surface area contributed by atoms with Gasteiger partial charge in [0.15, 0.2) is 0 Å². The fourth-order valence-electron chi connectivity index (χ4n) is 2.19. The van der Waals surface area contributed by atoms with Gasteiger partial charge in [-0.25, -0.2) is 0 Å². The summed E-state index contributed by atoms with van der Waals surface area (Å²) in [4.78, 5) is 23.4. The van der Waals surface area contributed by atoms with Crippen molar-refractivity contribution < 1.29 is 19.4 Å². The first kappa shape index (κ1) is 18.5. The van der Waals surface area contributed by atoms with Crippen LogP contribution in [0.3, 0.4) is 0 Å². The third kappa shape index (κ3) is 5.35. The molecule has 0 spiro atoms.